The molecule has 0 aliphatic carbocycles. The van der Waals surface area contributed by atoms with E-state index in [9.17, 15) is 4.79 Å². The van der Waals surface area contributed by atoms with Gasteiger partial charge in [-0.3, -0.25) is 4.90 Å². The molecule has 0 radical (unpaired) electrons. The van der Waals surface area contributed by atoms with Crippen molar-refractivity contribution in [2.45, 2.75) is 31.5 Å². The number of benzene rings is 2. The summed E-state index contributed by atoms with van der Waals surface area (Å²) < 4.78 is 5.67. The van der Waals surface area contributed by atoms with E-state index in [0.29, 0.717) is 6.61 Å². The third kappa shape index (κ3) is 4.08. The Hall–Kier alpha value is -2.53. The van der Waals surface area contributed by atoms with Crippen LogP contribution in [-0.4, -0.2) is 48.6 Å². The molecule has 142 valence electrons. The Morgan fingerprint density at radius 2 is 1.81 bits per heavy atom. The molecule has 1 atom stereocenters. The first-order chi connectivity index (χ1) is 13.2. The smallest absolute Gasteiger partial charge is 0.317 e. The molecule has 2 aromatic rings. The second-order valence-corrected chi connectivity index (χ2v) is 7.45. The van der Waals surface area contributed by atoms with Crippen LogP contribution in [0, 0.1) is 0 Å². The third-order valence-corrected chi connectivity index (χ3v) is 5.67. The Labute approximate surface area is 160 Å². The number of hydrogen-bond donors (Lipinski definition) is 1. The molecule has 2 aliphatic rings. The van der Waals surface area contributed by atoms with Gasteiger partial charge in [-0.05, 0) is 24.5 Å². The Kier molecular flexibility index (Phi) is 5.30. The predicted octanol–water partition coefficient (Wildman–Crippen LogP) is 3.43. The van der Waals surface area contributed by atoms with Gasteiger partial charge in [0.05, 0.1) is 6.04 Å². The lowest BCUT2D eigenvalue weighted by atomic mass is 10.0. The standard InChI is InChI=1S/C22H27N3O2/c1-24(22(26)23-20-16-27-21-10-6-5-9-19(20)21)18-11-13-25(14-12-18)15-17-7-3-2-4-8-17/h2-10,18,20H,11-16H2,1H3,(H,23,26). The molecule has 2 aliphatic heterocycles. The van der Waals surface area contributed by atoms with E-state index in [-0.39, 0.29) is 18.1 Å². The zero-order valence-electron chi connectivity index (χ0n) is 15.8. The monoisotopic (exact) mass is 365 g/mol. The number of ether oxygens (including phenoxy) is 1. The summed E-state index contributed by atoms with van der Waals surface area (Å²) in [4.78, 5) is 17.1. The molecule has 0 spiro atoms. The van der Waals surface area contributed by atoms with Crippen LogP contribution in [0.1, 0.15) is 30.0 Å². The van der Waals surface area contributed by atoms with Crippen molar-refractivity contribution in [3.63, 3.8) is 0 Å². The van der Waals surface area contributed by atoms with Crippen LogP contribution in [0.2, 0.25) is 0 Å². The number of carbonyl (C=O) groups excluding carboxylic acids is 1. The number of likely N-dealkylation sites (tertiary alicyclic amines) is 1. The van der Waals surface area contributed by atoms with E-state index < -0.39 is 0 Å². The number of rotatable bonds is 4. The van der Waals surface area contributed by atoms with Gasteiger partial charge in [0, 0.05) is 38.3 Å². The Balaban J connectivity index is 1.28. The number of amides is 2. The van der Waals surface area contributed by atoms with Gasteiger partial charge >= 0.3 is 6.03 Å². The Bertz CT molecular complexity index is 772. The molecule has 4 rings (SSSR count). The van der Waals surface area contributed by atoms with E-state index in [1.54, 1.807) is 0 Å². The van der Waals surface area contributed by atoms with Crippen LogP contribution in [0.15, 0.2) is 54.6 Å². The minimum atomic E-state index is -0.0608. The van der Waals surface area contributed by atoms with E-state index in [1.807, 2.05) is 36.2 Å². The van der Waals surface area contributed by atoms with Crippen LogP contribution >= 0.6 is 0 Å². The first-order valence-electron chi connectivity index (χ1n) is 9.72. The van der Waals surface area contributed by atoms with Crippen LogP contribution in [0.25, 0.3) is 0 Å². The number of hydrogen-bond acceptors (Lipinski definition) is 3. The molecule has 2 heterocycles. The van der Waals surface area contributed by atoms with Crippen LogP contribution in [0.3, 0.4) is 0 Å². The van der Waals surface area contributed by atoms with Crippen molar-refractivity contribution in [2.75, 3.05) is 26.7 Å². The van der Waals surface area contributed by atoms with E-state index in [4.69, 9.17) is 4.74 Å². The van der Waals surface area contributed by atoms with Gasteiger partial charge in [-0.2, -0.15) is 0 Å². The van der Waals surface area contributed by atoms with Gasteiger partial charge in [0.1, 0.15) is 12.4 Å². The average Bonchev–Trinajstić information content (AvgIpc) is 3.12. The fourth-order valence-electron chi connectivity index (χ4n) is 4.01. The molecule has 0 saturated carbocycles. The molecule has 27 heavy (non-hydrogen) atoms. The van der Waals surface area contributed by atoms with Crippen molar-refractivity contribution in [2.24, 2.45) is 0 Å². The molecule has 0 bridgehead atoms. The number of fused-ring (bicyclic) bond motifs is 1. The first-order valence-corrected chi connectivity index (χ1v) is 9.72. The Morgan fingerprint density at radius 1 is 1.11 bits per heavy atom. The van der Waals surface area contributed by atoms with Gasteiger partial charge in [-0.15, -0.1) is 0 Å². The first kappa shape index (κ1) is 17.9. The van der Waals surface area contributed by atoms with E-state index >= 15 is 0 Å². The molecule has 2 aromatic carbocycles. The quantitative estimate of drug-likeness (QED) is 0.903. The number of urea groups is 1. The zero-order valence-corrected chi connectivity index (χ0v) is 15.8. The lowest BCUT2D eigenvalue weighted by Gasteiger charge is -2.37. The van der Waals surface area contributed by atoms with E-state index in [2.05, 4.69) is 40.5 Å². The number of piperidine rings is 1. The minimum Gasteiger partial charge on any atom is -0.491 e. The molecule has 5 nitrogen and oxygen atoms in total. The fourth-order valence-corrected chi connectivity index (χ4v) is 4.01. The van der Waals surface area contributed by atoms with Crippen molar-refractivity contribution in [3.8, 4) is 5.75 Å². The molecule has 1 saturated heterocycles. The highest BCUT2D eigenvalue weighted by molar-refractivity contribution is 5.75. The molecule has 0 aromatic heterocycles. The maximum atomic E-state index is 12.7. The fraction of sp³-hybridized carbons (Fsp3) is 0.409. The summed E-state index contributed by atoms with van der Waals surface area (Å²) in [5.41, 5.74) is 2.42. The van der Waals surface area contributed by atoms with E-state index in [0.717, 1.165) is 43.8 Å². The normalized spacial score (nSPS) is 20.0. The van der Waals surface area contributed by atoms with Crippen LogP contribution in [0.5, 0.6) is 5.75 Å². The maximum absolute atomic E-state index is 12.7. The van der Waals surface area contributed by atoms with Crippen molar-refractivity contribution < 1.29 is 9.53 Å². The van der Waals surface area contributed by atoms with Gasteiger partial charge in [-0.1, -0.05) is 48.5 Å². The highest BCUT2D eigenvalue weighted by Gasteiger charge is 2.29. The number of nitrogens with zero attached hydrogens (tertiary/aromatic N) is 2. The van der Waals surface area contributed by atoms with Crippen LogP contribution in [-0.2, 0) is 6.54 Å². The third-order valence-electron chi connectivity index (χ3n) is 5.67. The van der Waals surface area contributed by atoms with Gasteiger partial charge in [0.25, 0.3) is 0 Å². The highest BCUT2D eigenvalue weighted by atomic mass is 16.5. The highest BCUT2D eigenvalue weighted by Crippen LogP contribution is 2.31. The summed E-state index contributed by atoms with van der Waals surface area (Å²) in [6, 6.07) is 18.7. The van der Waals surface area contributed by atoms with Gasteiger partial charge < -0.3 is 15.0 Å². The van der Waals surface area contributed by atoms with Gasteiger partial charge in [0.15, 0.2) is 0 Å². The second-order valence-electron chi connectivity index (χ2n) is 7.45. The molecular formula is C22H27N3O2. The molecule has 5 heteroatoms. The summed E-state index contributed by atoms with van der Waals surface area (Å²) in [6.07, 6.45) is 2.02. The predicted molar refractivity (Wildman–Crippen MR) is 106 cm³/mol. The van der Waals surface area contributed by atoms with Gasteiger partial charge in [0.2, 0.25) is 0 Å². The average molecular weight is 365 g/mol. The number of nitrogens with one attached hydrogen (secondary N) is 1. The van der Waals surface area contributed by atoms with Crippen molar-refractivity contribution >= 4 is 6.03 Å². The molecule has 1 unspecified atom stereocenters. The number of carbonyl (C=O) groups is 1. The van der Waals surface area contributed by atoms with Crippen molar-refractivity contribution in [1.29, 1.82) is 0 Å². The second kappa shape index (κ2) is 8.01. The van der Waals surface area contributed by atoms with Crippen molar-refractivity contribution in [3.05, 3.63) is 65.7 Å². The lowest BCUT2D eigenvalue weighted by molar-refractivity contribution is 0.128. The SMILES string of the molecule is CN(C(=O)NC1COc2ccccc21)C1CCN(Cc2ccccc2)CC1. The molecule has 1 fully saturated rings. The van der Waals surface area contributed by atoms with Crippen molar-refractivity contribution in [1.82, 2.24) is 15.1 Å². The molecule has 1 N–H and O–H groups in total. The van der Waals surface area contributed by atoms with Crippen LogP contribution in [0.4, 0.5) is 4.79 Å². The molecular weight excluding hydrogens is 338 g/mol. The summed E-state index contributed by atoms with van der Waals surface area (Å²) in [6.45, 7) is 3.53. The maximum Gasteiger partial charge on any atom is 0.317 e. The van der Waals surface area contributed by atoms with Crippen LogP contribution < -0.4 is 10.1 Å². The number of para-hydroxylation sites is 1. The summed E-state index contributed by atoms with van der Waals surface area (Å²) in [7, 11) is 1.91. The van der Waals surface area contributed by atoms with Gasteiger partial charge in [-0.25, -0.2) is 4.79 Å². The molecule has 2 amide bonds. The Morgan fingerprint density at radius 3 is 2.59 bits per heavy atom. The lowest BCUT2D eigenvalue weighted by Crippen LogP contribution is -2.49. The minimum absolute atomic E-state index is 0.0122. The summed E-state index contributed by atoms with van der Waals surface area (Å²) in [5, 5.41) is 3.13. The summed E-state index contributed by atoms with van der Waals surface area (Å²) >= 11 is 0. The summed E-state index contributed by atoms with van der Waals surface area (Å²) in [5.74, 6) is 0.875. The van der Waals surface area contributed by atoms with E-state index in [1.165, 1.54) is 5.56 Å². The largest absolute Gasteiger partial charge is 0.491 e. The topological polar surface area (TPSA) is 44.8 Å². The zero-order chi connectivity index (χ0) is 18.6.